The number of hydrogen-bond donors (Lipinski definition) is 0. The molecule has 5 aromatic rings. The summed E-state index contributed by atoms with van der Waals surface area (Å²) < 4.78 is 4.56. The maximum atomic E-state index is 5.05. The first kappa shape index (κ1) is 17.5. The minimum atomic E-state index is 0.254. The van der Waals surface area contributed by atoms with Gasteiger partial charge in [0.05, 0.1) is 51.2 Å². The highest BCUT2D eigenvalue weighted by molar-refractivity contribution is 6.18. The minimum Gasteiger partial charge on any atom is -0.313 e. The molecule has 6 heteroatoms. The first-order valence-corrected chi connectivity index (χ1v) is 11.6. The monoisotopic (exact) mass is 430 g/mol. The molecule has 0 saturated heterocycles. The number of anilines is 2. The number of para-hydroxylation sites is 4. The molecule has 0 spiro atoms. The molecule has 0 radical (unpaired) electrons. The number of nitrogens with zero attached hydrogens (tertiary/aromatic N) is 6. The Bertz CT molecular complexity index is 1670. The Hall–Kier alpha value is -4.06. The van der Waals surface area contributed by atoms with E-state index in [2.05, 4.69) is 105 Å². The van der Waals surface area contributed by atoms with E-state index >= 15 is 0 Å². The third kappa shape index (κ3) is 2.13. The lowest BCUT2D eigenvalue weighted by atomic mass is 9.97. The Morgan fingerprint density at radius 3 is 2.61 bits per heavy atom. The van der Waals surface area contributed by atoms with Crippen molar-refractivity contribution in [3.8, 4) is 5.69 Å². The number of imidazole rings is 2. The Morgan fingerprint density at radius 2 is 1.70 bits per heavy atom. The fraction of sp³-hybridized carbons (Fsp3) is 0.185. The number of guanidine groups is 1. The molecular weight excluding hydrogens is 408 g/mol. The van der Waals surface area contributed by atoms with Gasteiger partial charge in [-0.2, -0.15) is 0 Å². The zero-order valence-electron chi connectivity index (χ0n) is 18.3. The number of aliphatic imine (C=N–C) groups is 1. The molecule has 160 valence electrons. The highest BCUT2D eigenvalue weighted by atomic mass is 15.5. The number of allylic oxidation sites excluding steroid dienone is 1. The Balaban J connectivity index is 1.39. The number of rotatable bonds is 1. The second-order valence-corrected chi connectivity index (χ2v) is 9.15. The molecule has 0 N–H and O–H groups in total. The predicted molar refractivity (Wildman–Crippen MR) is 134 cm³/mol. The Labute approximate surface area is 190 Å². The molecule has 0 bridgehead atoms. The van der Waals surface area contributed by atoms with Crippen LogP contribution < -0.4 is 9.80 Å². The molecule has 2 atom stereocenters. The van der Waals surface area contributed by atoms with Crippen LogP contribution in [-0.4, -0.2) is 39.0 Å². The van der Waals surface area contributed by atoms with Crippen LogP contribution in [-0.2, 0) is 0 Å². The van der Waals surface area contributed by atoms with Gasteiger partial charge in [-0.1, -0.05) is 36.4 Å². The zero-order chi connectivity index (χ0) is 21.7. The lowest BCUT2D eigenvalue weighted by Gasteiger charge is -2.27. The molecule has 2 aromatic heterocycles. The van der Waals surface area contributed by atoms with Crippen molar-refractivity contribution >= 4 is 45.2 Å². The molecule has 8 rings (SSSR count). The molecule has 33 heavy (non-hydrogen) atoms. The van der Waals surface area contributed by atoms with Gasteiger partial charge in [0.1, 0.15) is 0 Å². The van der Waals surface area contributed by atoms with Gasteiger partial charge >= 0.3 is 0 Å². The van der Waals surface area contributed by atoms with E-state index in [0.717, 1.165) is 46.8 Å². The van der Waals surface area contributed by atoms with Crippen LogP contribution in [0.5, 0.6) is 0 Å². The van der Waals surface area contributed by atoms with Crippen LogP contribution in [0.15, 0.2) is 83.9 Å². The van der Waals surface area contributed by atoms with Gasteiger partial charge in [0.2, 0.25) is 11.7 Å². The molecule has 1 aliphatic carbocycles. The standard InChI is InChI=1S/C27H22N6/c1-30-22-15-14-17(16-25(22)33-21-11-5-2-8-18(21)28-26(30)33)31-23-12-6-7-13-24(23)32-20-10-4-3-9-19(20)29-27(31)32/h2-4,6-10,12-16,18,21H,5,11H2,1H3. The fourth-order valence-corrected chi connectivity index (χ4v) is 5.93. The molecule has 4 heterocycles. The number of aromatic nitrogens is 3. The summed E-state index contributed by atoms with van der Waals surface area (Å²) in [7, 11) is 2.13. The molecule has 2 aliphatic heterocycles. The second kappa shape index (κ2) is 6.04. The van der Waals surface area contributed by atoms with Gasteiger partial charge in [-0.3, -0.25) is 8.97 Å². The van der Waals surface area contributed by atoms with Gasteiger partial charge in [-0.25, -0.2) is 9.98 Å². The van der Waals surface area contributed by atoms with E-state index in [1.54, 1.807) is 0 Å². The molecule has 2 unspecified atom stereocenters. The van der Waals surface area contributed by atoms with E-state index < -0.39 is 0 Å². The summed E-state index contributed by atoms with van der Waals surface area (Å²) in [5, 5.41) is 0. The zero-order valence-corrected chi connectivity index (χ0v) is 18.3. The topological polar surface area (TPSA) is 41.1 Å². The van der Waals surface area contributed by atoms with Crippen molar-refractivity contribution in [2.75, 3.05) is 16.8 Å². The van der Waals surface area contributed by atoms with Crippen molar-refractivity contribution in [3.63, 3.8) is 0 Å². The summed E-state index contributed by atoms with van der Waals surface area (Å²) >= 11 is 0. The highest BCUT2D eigenvalue weighted by Gasteiger charge is 2.44. The number of fused-ring (bicyclic) bond motifs is 10. The molecule has 3 aliphatic rings. The van der Waals surface area contributed by atoms with E-state index in [-0.39, 0.29) is 6.04 Å². The SMILES string of the molecule is CN1C2=NC3C=CCCC3N2c2cc(-n3c4ccccc4n4c5ccccc5nc34)ccc21. The first-order valence-electron chi connectivity index (χ1n) is 11.6. The Morgan fingerprint density at radius 1 is 0.879 bits per heavy atom. The molecule has 0 saturated carbocycles. The average molecular weight is 431 g/mol. The molecule has 0 amide bonds. The van der Waals surface area contributed by atoms with Gasteiger partial charge in [0, 0.05) is 7.05 Å². The van der Waals surface area contributed by atoms with Crippen LogP contribution in [0.2, 0.25) is 0 Å². The lowest BCUT2D eigenvalue weighted by molar-refractivity contribution is 0.568. The van der Waals surface area contributed by atoms with Gasteiger partial charge < -0.3 is 9.80 Å². The minimum absolute atomic E-state index is 0.254. The third-order valence-electron chi connectivity index (χ3n) is 7.41. The summed E-state index contributed by atoms with van der Waals surface area (Å²) in [6, 6.07) is 24.3. The van der Waals surface area contributed by atoms with Gasteiger partial charge in [-0.05, 0) is 55.3 Å². The summed E-state index contributed by atoms with van der Waals surface area (Å²) in [4.78, 5) is 14.8. The van der Waals surface area contributed by atoms with Gasteiger partial charge in [0.25, 0.3) is 0 Å². The Kier molecular flexibility index (Phi) is 3.20. The number of hydrogen-bond acceptors (Lipinski definition) is 4. The van der Waals surface area contributed by atoms with Gasteiger partial charge in [0.15, 0.2) is 0 Å². The maximum Gasteiger partial charge on any atom is 0.220 e. The van der Waals surface area contributed by atoms with Crippen molar-refractivity contribution in [2.45, 2.75) is 24.9 Å². The first-order chi connectivity index (χ1) is 16.3. The summed E-state index contributed by atoms with van der Waals surface area (Å²) in [6.07, 6.45) is 6.79. The normalized spacial score (nSPS) is 21.2. The van der Waals surface area contributed by atoms with E-state index in [4.69, 9.17) is 9.98 Å². The van der Waals surface area contributed by atoms with Crippen LogP contribution in [0.1, 0.15) is 12.8 Å². The summed E-state index contributed by atoms with van der Waals surface area (Å²) in [6.45, 7) is 0. The van der Waals surface area contributed by atoms with Crippen molar-refractivity contribution < 1.29 is 0 Å². The lowest BCUT2D eigenvalue weighted by Crippen LogP contribution is -2.41. The quantitative estimate of drug-likeness (QED) is 0.346. The second-order valence-electron chi connectivity index (χ2n) is 9.15. The van der Waals surface area contributed by atoms with E-state index in [0.29, 0.717) is 6.04 Å². The highest BCUT2D eigenvalue weighted by Crippen LogP contribution is 2.45. The summed E-state index contributed by atoms with van der Waals surface area (Å²) in [5.74, 6) is 2.01. The van der Waals surface area contributed by atoms with Crippen molar-refractivity contribution in [2.24, 2.45) is 4.99 Å². The number of benzene rings is 3. The van der Waals surface area contributed by atoms with E-state index in [1.165, 1.54) is 16.9 Å². The largest absolute Gasteiger partial charge is 0.313 e. The molecule has 6 nitrogen and oxygen atoms in total. The molecule has 3 aromatic carbocycles. The van der Waals surface area contributed by atoms with Crippen LogP contribution >= 0.6 is 0 Å². The third-order valence-corrected chi connectivity index (χ3v) is 7.41. The average Bonchev–Trinajstić information content (AvgIpc) is 3.57. The van der Waals surface area contributed by atoms with Gasteiger partial charge in [-0.15, -0.1) is 0 Å². The van der Waals surface area contributed by atoms with Crippen molar-refractivity contribution in [3.05, 3.63) is 78.9 Å². The molecule has 0 fully saturated rings. The van der Waals surface area contributed by atoms with Crippen LogP contribution in [0.3, 0.4) is 0 Å². The van der Waals surface area contributed by atoms with Crippen LogP contribution in [0, 0.1) is 0 Å². The van der Waals surface area contributed by atoms with E-state index in [9.17, 15) is 0 Å². The fourth-order valence-electron chi connectivity index (χ4n) is 5.93. The van der Waals surface area contributed by atoms with E-state index in [1.807, 2.05) is 0 Å². The van der Waals surface area contributed by atoms with Crippen molar-refractivity contribution in [1.82, 2.24) is 14.0 Å². The van der Waals surface area contributed by atoms with Crippen molar-refractivity contribution in [1.29, 1.82) is 0 Å². The predicted octanol–water partition coefficient (Wildman–Crippen LogP) is 5.14. The van der Waals surface area contributed by atoms with Crippen LogP contribution in [0.4, 0.5) is 11.4 Å². The smallest absolute Gasteiger partial charge is 0.220 e. The molecular formula is C27H22N6. The van der Waals surface area contributed by atoms with Crippen LogP contribution in [0.25, 0.3) is 33.5 Å². The maximum absolute atomic E-state index is 5.05. The summed E-state index contributed by atoms with van der Waals surface area (Å²) in [5.41, 5.74) is 8.05.